The molecule has 2 rings (SSSR count). The maximum atomic E-state index is 3.41. The van der Waals surface area contributed by atoms with Crippen LogP contribution in [-0.2, 0) is 6.42 Å². The van der Waals surface area contributed by atoms with Crippen molar-refractivity contribution >= 4 is 0 Å². The molecule has 1 aliphatic heterocycles. The zero-order chi connectivity index (χ0) is 12.1. The van der Waals surface area contributed by atoms with Crippen LogP contribution in [0.1, 0.15) is 18.1 Å². The van der Waals surface area contributed by atoms with Crippen molar-refractivity contribution in [3.63, 3.8) is 0 Å². The Kier molecular flexibility index (Phi) is 4.57. The zero-order valence-corrected chi connectivity index (χ0v) is 11.1. The van der Waals surface area contributed by atoms with Crippen molar-refractivity contribution in [2.24, 2.45) is 5.92 Å². The van der Waals surface area contributed by atoms with Gasteiger partial charge in [-0.3, -0.25) is 0 Å². The Bertz CT molecular complexity index is 343. The molecule has 0 aliphatic carbocycles. The Labute approximate surface area is 105 Å². The molecule has 2 heteroatoms. The van der Waals surface area contributed by atoms with E-state index in [4.69, 9.17) is 0 Å². The van der Waals surface area contributed by atoms with E-state index < -0.39 is 0 Å². The highest BCUT2D eigenvalue weighted by atomic mass is 15.2. The second kappa shape index (κ2) is 6.18. The van der Waals surface area contributed by atoms with Gasteiger partial charge in [-0.15, -0.1) is 0 Å². The molecule has 2 nitrogen and oxygen atoms in total. The van der Waals surface area contributed by atoms with Crippen molar-refractivity contribution in [2.45, 2.75) is 20.3 Å². The second-order valence-electron chi connectivity index (χ2n) is 5.29. The molecule has 0 aromatic heterocycles. The standard InChI is InChI=1S/C15H24N2/c1-13(12-17-9-7-16-8-10-17)11-15-6-4-3-5-14(15)2/h3-6,13,16H,7-12H2,1-2H3. The number of piperazine rings is 1. The fourth-order valence-electron chi connectivity index (χ4n) is 2.61. The van der Waals surface area contributed by atoms with Crippen molar-refractivity contribution in [3.8, 4) is 0 Å². The molecule has 0 amide bonds. The van der Waals surface area contributed by atoms with Gasteiger partial charge in [0.15, 0.2) is 0 Å². The lowest BCUT2D eigenvalue weighted by molar-refractivity contribution is 0.211. The van der Waals surface area contributed by atoms with Gasteiger partial charge in [0, 0.05) is 32.7 Å². The topological polar surface area (TPSA) is 15.3 Å². The van der Waals surface area contributed by atoms with E-state index in [0.717, 1.165) is 19.0 Å². The van der Waals surface area contributed by atoms with Crippen LogP contribution in [0, 0.1) is 12.8 Å². The van der Waals surface area contributed by atoms with E-state index in [1.54, 1.807) is 0 Å². The summed E-state index contributed by atoms with van der Waals surface area (Å²) >= 11 is 0. The van der Waals surface area contributed by atoms with Crippen LogP contribution in [0.25, 0.3) is 0 Å². The summed E-state index contributed by atoms with van der Waals surface area (Å²) in [4.78, 5) is 2.58. The van der Waals surface area contributed by atoms with Crippen molar-refractivity contribution in [1.29, 1.82) is 0 Å². The van der Waals surface area contributed by atoms with Crippen LogP contribution in [-0.4, -0.2) is 37.6 Å². The molecular weight excluding hydrogens is 208 g/mol. The molecule has 94 valence electrons. The summed E-state index contributed by atoms with van der Waals surface area (Å²) in [5.41, 5.74) is 2.94. The van der Waals surface area contributed by atoms with E-state index in [-0.39, 0.29) is 0 Å². The molecule has 1 atom stereocenters. The highest BCUT2D eigenvalue weighted by molar-refractivity contribution is 5.25. The maximum absolute atomic E-state index is 3.41. The van der Waals surface area contributed by atoms with Crippen LogP contribution < -0.4 is 5.32 Å². The third-order valence-electron chi connectivity index (χ3n) is 3.61. The average Bonchev–Trinajstić information content (AvgIpc) is 2.33. The molecule has 1 aromatic carbocycles. The number of nitrogens with one attached hydrogen (secondary N) is 1. The third kappa shape index (κ3) is 3.83. The molecule has 1 heterocycles. The summed E-state index contributed by atoms with van der Waals surface area (Å²) in [5, 5.41) is 3.41. The van der Waals surface area contributed by atoms with Crippen molar-refractivity contribution in [2.75, 3.05) is 32.7 Å². The van der Waals surface area contributed by atoms with E-state index in [1.807, 2.05) is 0 Å². The molecule has 1 aromatic rings. The summed E-state index contributed by atoms with van der Waals surface area (Å²) in [6.45, 7) is 10.5. The Hall–Kier alpha value is -0.860. The smallest absolute Gasteiger partial charge is 0.0107 e. The van der Waals surface area contributed by atoms with Gasteiger partial charge in [0.2, 0.25) is 0 Å². The minimum absolute atomic E-state index is 0.745. The molecule has 0 bridgehead atoms. The monoisotopic (exact) mass is 232 g/mol. The lowest BCUT2D eigenvalue weighted by Gasteiger charge is -2.29. The first-order valence-corrected chi connectivity index (χ1v) is 6.73. The van der Waals surface area contributed by atoms with E-state index >= 15 is 0 Å². The van der Waals surface area contributed by atoms with Gasteiger partial charge in [-0.1, -0.05) is 31.2 Å². The predicted molar refractivity (Wildman–Crippen MR) is 73.4 cm³/mol. The van der Waals surface area contributed by atoms with E-state index in [1.165, 1.54) is 37.2 Å². The van der Waals surface area contributed by atoms with Gasteiger partial charge in [-0.25, -0.2) is 0 Å². The molecular formula is C15H24N2. The summed E-state index contributed by atoms with van der Waals surface area (Å²) in [5.74, 6) is 0.745. The number of benzene rings is 1. The van der Waals surface area contributed by atoms with Gasteiger partial charge < -0.3 is 10.2 Å². The molecule has 1 fully saturated rings. The minimum Gasteiger partial charge on any atom is -0.314 e. The molecule has 0 saturated carbocycles. The largest absolute Gasteiger partial charge is 0.314 e. The van der Waals surface area contributed by atoms with Crippen molar-refractivity contribution < 1.29 is 0 Å². The summed E-state index contributed by atoms with van der Waals surface area (Å²) in [6, 6.07) is 8.76. The first-order valence-electron chi connectivity index (χ1n) is 6.73. The third-order valence-corrected chi connectivity index (χ3v) is 3.61. The van der Waals surface area contributed by atoms with Crippen LogP contribution in [0.2, 0.25) is 0 Å². The molecule has 0 spiro atoms. The highest BCUT2D eigenvalue weighted by Crippen LogP contribution is 2.14. The van der Waals surface area contributed by atoms with Crippen molar-refractivity contribution in [1.82, 2.24) is 10.2 Å². The van der Waals surface area contributed by atoms with Gasteiger partial charge in [-0.05, 0) is 30.4 Å². The molecule has 17 heavy (non-hydrogen) atoms. The fraction of sp³-hybridized carbons (Fsp3) is 0.600. The van der Waals surface area contributed by atoms with E-state index in [2.05, 4.69) is 48.3 Å². The highest BCUT2D eigenvalue weighted by Gasteiger charge is 2.13. The van der Waals surface area contributed by atoms with E-state index in [0.29, 0.717) is 0 Å². The number of hydrogen-bond acceptors (Lipinski definition) is 2. The van der Waals surface area contributed by atoms with Gasteiger partial charge in [0.05, 0.1) is 0 Å². The molecule has 1 unspecified atom stereocenters. The van der Waals surface area contributed by atoms with Gasteiger partial charge in [-0.2, -0.15) is 0 Å². The summed E-state index contributed by atoms with van der Waals surface area (Å²) < 4.78 is 0. The van der Waals surface area contributed by atoms with Crippen LogP contribution in [0.4, 0.5) is 0 Å². The normalized spacial score (nSPS) is 19.2. The van der Waals surface area contributed by atoms with Gasteiger partial charge in [0.1, 0.15) is 0 Å². The summed E-state index contributed by atoms with van der Waals surface area (Å²) in [6.07, 6.45) is 1.20. The number of hydrogen-bond donors (Lipinski definition) is 1. The Morgan fingerprint density at radius 3 is 2.65 bits per heavy atom. The molecule has 0 radical (unpaired) electrons. The first-order chi connectivity index (χ1) is 8.25. The Balaban J connectivity index is 1.84. The second-order valence-corrected chi connectivity index (χ2v) is 5.29. The fourth-order valence-corrected chi connectivity index (χ4v) is 2.61. The quantitative estimate of drug-likeness (QED) is 0.855. The zero-order valence-electron chi connectivity index (χ0n) is 11.1. The SMILES string of the molecule is Cc1ccccc1CC(C)CN1CCNCC1. The average molecular weight is 232 g/mol. The summed E-state index contributed by atoms with van der Waals surface area (Å²) in [7, 11) is 0. The Morgan fingerprint density at radius 1 is 1.24 bits per heavy atom. The van der Waals surface area contributed by atoms with Crippen LogP contribution >= 0.6 is 0 Å². The van der Waals surface area contributed by atoms with Gasteiger partial charge in [0.25, 0.3) is 0 Å². The maximum Gasteiger partial charge on any atom is 0.0107 e. The van der Waals surface area contributed by atoms with E-state index in [9.17, 15) is 0 Å². The van der Waals surface area contributed by atoms with Gasteiger partial charge >= 0.3 is 0 Å². The van der Waals surface area contributed by atoms with Crippen molar-refractivity contribution in [3.05, 3.63) is 35.4 Å². The van der Waals surface area contributed by atoms with Crippen LogP contribution in [0.5, 0.6) is 0 Å². The Morgan fingerprint density at radius 2 is 1.94 bits per heavy atom. The van der Waals surface area contributed by atoms with Crippen LogP contribution in [0.3, 0.4) is 0 Å². The predicted octanol–water partition coefficient (Wildman–Crippen LogP) is 2.08. The number of rotatable bonds is 4. The lowest BCUT2D eigenvalue weighted by Crippen LogP contribution is -2.45. The first kappa shape index (κ1) is 12.6. The molecule has 1 aliphatic rings. The minimum atomic E-state index is 0.745. The molecule has 1 saturated heterocycles. The van der Waals surface area contributed by atoms with Crippen LogP contribution in [0.15, 0.2) is 24.3 Å². The number of nitrogens with zero attached hydrogens (tertiary/aromatic N) is 1. The molecule has 1 N–H and O–H groups in total. The lowest BCUT2D eigenvalue weighted by atomic mass is 9.97. The number of aryl methyl sites for hydroxylation is 1.